The molecule has 0 saturated carbocycles. The summed E-state index contributed by atoms with van der Waals surface area (Å²) < 4.78 is 0. The maximum absolute atomic E-state index is 8.69. The Balaban J connectivity index is 2.93. The Bertz CT molecular complexity index is 268. The lowest BCUT2D eigenvalue weighted by Gasteiger charge is -2.15. The van der Waals surface area contributed by atoms with E-state index in [2.05, 4.69) is 25.1 Å². The molecule has 0 aromatic rings. The highest BCUT2D eigenvalue weighted by Gasteiger charge is 2.12. The van der Waals surface area contributed by atoms with Gasteiger partial charge in [0, 0.05) is 6.42 Å². The first-order valence-electron chi connectivity index (χ1n) is 4.18. The molecule has 0 amide bonds. The van der Waals surface area contributed by atoms with Crippen LogP contribution in [0.25, 0.3) is 0 Å². The second-order valence-electron chi connectivity index (χ2n) is 3.42. The average Bonchev–Trinajstić information content (AvgIpc) is 2.05. The van der Waals surface area contributed by atoms with Gasteiger partial charge in [0.25, 0.3) is 0 Å². The van der Waals surface area contributed by atoms with Gasteiger partial charge in [0.15, 0.2) is 0 Å². The van der Waals surface area contributed by atoms with Crippen LogP contribution in [0, 0.1) is 0 Å². The summed E-state index contributed by atoms with van der Waals surface area (Å²) in [5, 5.41) is 12.0. The van der Waals surface area contributed by atoms with Crippen LogP contribution in [0.1, 0.15) is 33.6 Å². The van der Waals surface area contributed by atoms with Crippen molar-refractivity contribution >= 4 is 5.71 Å². The van der Waals surface area contributed by atoms with Gasteiger partial charge in [-0.15, -0.1) is 0 Å². The van der Waals surface area contributed by atoms with Gasteiger partial charge in [0.2, 0.25) is 0 Å². The molecule has 0 fully saturated rings. The second kappa shape index (κ2) is 3.57. The van der Waals surface area contributed by atoms with Crippen LogP contribution in [0.15, 0.2) is 28.0 Å². The van der Waals surface area contributed by atoms with Crippen LogP contribution in [0.2, 0.25) is 0 Å². The van der Waals surface area contributed by atoms with E-state index in [0.29, 0.717) is 0 Å². The first-order valence-corrected chi connectivity index (χ1v) is 4.18. The van der Waals surface area contributed by atoms with E-state index in [-0.39, 0.29) is 0 Å². The highest BCUT2D eigenvalue weighted by atomic mass is 16.4. The van der Waals surface area contributed by atoms with Gasteiger partial charge in [-0.25, -0.2) is 0 Å². The van der Waals surface area contributed by atoms with Crippen LogP contribution in [-0.2, 0) is 0 Å². The molecule has 0 heterocycles. The molecular weight excluding hydrogens is 150 g/mol. The van der Waals surface area contributed by atoms with E-state index in [4.69, 9.17) is 5.21 Å². The molecule has 1 N–H and O–H groups in total. The molecule has 1 rings (SSSR count). The zero-order valence-corrected chi connectivity index (χ0v) is 7.89. The number of oxime groups is 1. The van der Waals surface area contributed by atoms with E-state index in [1.54, 1.807) is 0 Å². The summed E-state index contributed by atoms with van der Waals surface area (Å²) in [5.74, 6) is 0. The fourth-order valence-electron chi connectivity index (χ4n) is 1.30. The number of rotatable bonds is 0. The molecule has 0 aromatic carbocycles. The molecule has 12 heavy (non-hydrogen) atoms. The third kappa shape index (κ3) is 1.76. The minimum Gasteiger partial charge on any atom is -0.411 e. The summed E-state index contributed by atoms with van der Waals surface area (Å²) in [6.07, 6.45) is 3.93. The maximum atomic E-state index is 8.69. The molecule has 0 bridgehead atoms. The van der Waals surface area contributed by atoms with E-state index < -0.39 is 0 Å². The summed E-state index contributed by atoms with van der Waals surface area (Å²) in [5.41, 5.74) is 4.60. The predicted octanol–water partition coefficient (Wildman–Crippen LogP) is 2.89. The van der Waals surface area contributed by atoms with Gasteiger partial charge in [-0.05, 0) is 32.8 Å². The van der Waals surface area contributed by atoms with Crippen molar-refractivity contribution < 1.29 is 5.21 Å². The average molecular weight is 165 g/mol. The van der Waals surface area contributed by atoms with Crippen LogP contribution >= 0.6 is 0 Å². The van der Waals surface area contributed by atoms with Crippen molar-refractivity contribution in [3.8, 4) is 0 Å². The van der Waals surface area contributed by atoms with Gasteiger partial charge in [0.1, 0.15) is 0 Å². The summed E-state index contributed by atoms with van der Waals surface area (Å²) in [7, 11) is 0. The lowest BCUT2D eigenvalue weighted by atomic mass is 9.91. The Labute approximate surface area is 73.3 Å². The molecule has 0 aliphatic heterocycles. The SMILES string of the molecule is CC1=CCC(=C(C)C)C/C1=N\O. The van der Waals surface area contributed by atoms with E-state index in [0.717, 1.165) is 24.1 Å². The van der Waals surface area contributed by atoms with Crippen molar-refractivity contribution in [1.82, 2.24) is 0 Å². The van der Waals surface area contributed by atoms with Gasteiger partial charge < -0.3 is 5.21 Å². The van der Waals surface area contributed by atoms with Crippen LogP contribution in [0.4, 0.5) is 0 Å². The Kier molecular flexibility index (Phi) is 2.69. The Hall–Kier alpha value is -1.05. The Morgan fingerprint density at radius 2 is 2.17 bits per heavy atom. The fraction of sp³-hybridized carbons (Fsp3) is 0.500. The summed E-state index contributed by atoms with van der Waals surface area (Å²) in [6.45, 7) is 6.18. The summed E-state index contributed by atoms with van der Waals surface area (Å²) in [4.78, 5) is 0. The quantitative estimate of drug-likeness (QED) is 0.334. The fourth-order valence-corrected chi connectivity index (χ4v) is 1.30. The van der Waals surface area contributed by atoms with Gasteiger partial charge >= 0.3 is 0 Å². The molecule has 0 radical (unpaired) electrons. The van der Waals surface area contributed by atoms with E-state index >= 15 is 0 Å². The molecule has 1 aliphatic rings. The summed E-state index contributed by atoms with van der Waals surface area (Å²) in [6, 6.07) is 0. The highest BCUT2D eigenvalue weighted by Crippen LogP contribution is 2.23. The summed E-state index contributed by atoms with van der Waals surface area (Å²) >= 11 is 0. The normalized spacial score (nSPS) is 21.1. The molecule has 2 nitrogen and oxygen atoms in total. The molecule has 0 saturated heterocycles. The monoisotopic (exact) mass is 165 g/mol. The van der Waals surface area contributed by atoms with E-state index in [1.165, 1.54) is 11.1 Å². The van der Waals surface area contributed by atoms with Crippen LogP contribution in [0.5, 0.6) is 0 Å². The van der Waals surface area contributed by atoms with Crippen molar-refractivity contribution in [2.45, 2.75) is 33.6 Å². The van der Waals surface area contributed by atoms with Gasteiger partial charge in [0.05, 0.1) is 5.71 Å². The van der Waals surface area contributed by atoms with Gasteiger partial charge in [-0.1, -0.05) is 22.4 Å². The number of hydrogen-bond donors (Lipinski definition) is 1. The largest absolute Gasteiger partial charge is 0.411 e. The van der Waals surface area contributed by atoms with Crippen molar-refractivity contribution in [3.05, 3.63) is 22.8 Å². The number of allylic oxidation sites excluding steroid dienone is 4. The minimum absolute atomic E-state index is 0.803. The number of hydrogen-bond acceptors (Lipinski definition) is 2. The third-order valence-electron chi connectivity index (χ3n) is 2.32. The molecule has 0 unspecified atom stereocenters. The highest BCUT2D eigenvalue weighted by molar-refractivity contribution is 6.01. The molecule has 1 aliphatic carbocycles. The second-order valence-corrected chi connectivity index (χ2v) is 3.42. The first kappa shape index (κ1) is 9.04. The molecule has 0 spiro atoms. The minimum atomic E-state index is 0.803. The van der Waals surface area contributed by atoms with E-state index in [1.807, 2.05) is 6.92 Å². The number of nitrogens with zero attached hydrogens (tertiary/aromatic N) is 1. The van der Waals surface area contributed by atoms with Gasteiger partial charge in [-0.3, -0.25) is 0 Å². The topological polar surface area (TPSA) is 32.6 Å². The molecule has 0 aromatic heterocycles. The van der Waals surface area contributed by atoms with Crippen molar-refractivity contribution in [2.24, 2.45) is 5.16 Å². The lowest BCUT2D eigenvalue weighted by Crippen LogP contribution is -2.08. The Morgan fingerprint density at radius 3 is 2.67 bits per heavy atom. The molecular formula is C10H15NO. The van der Waals surface area contributed by atoms with Crippen molar-refractivity contribution in [3.63, 3.8) is 0 Å². The first-order chi connectivity index (χ1) is 5.65. The lowest BCUT2D eigenvalue weighted by molar-refractivity contribution is 0.318. The zero-order valence-electron chi connectivity index (χ0n) is 7.89. The Morgan fingerprint density at radius 1 is 1.50 bits per heavy atom. The van der Waals surface area contributed by atoms with Crippen molar-refractivity contribution in [1.29, 1.82) is 0 Å². The standard InChI is InChI=1S/C10H15NO/c1-7(2)9-5-4-8(3)10(6-9)11-12/h4,12H,5-6H2,1-3H3/b11-10+. The third-order valence-corrected chi connectivity index (χ3v) is 2.32. The van der Waals surface area contributed by atoms with Crippen LogP contribution in [-0.4, -0.2) is 10.9 Å². The van der Waals surface area contributed by atoms with Crippen molar-refractivity contribution in [2.75, 3.05) is 0 Å². The maximum Gasteiger partial charge on any atom is 0.0862 e. The van der Waals surface area contributed by atoms with Crippen LogP contribution < -0.4 is 0 Å². The molecule has 0 atom stereocenters. The molecule has 66 valence electrons. The molecule has 2 heteroatoms. The van der Waals surface area contributed by atoms with Crippen LogP contribution in [0.3, 0.4) is 0 Å². The predicted molar refractivity (Wildman–Crippen MR) is 50.6 cm³/mol. The smallest absolute Gasteiger partial charge is 0.0862 e. The van der Waals surface area contributed by atoms with E-state index in [9.17, 15) is 0 Å². The van der Waals surface area contributed by atoms with Gasteiger partial charge in [-0.2, -0.15) is 0 Å². The zero-order chi connectivity index (χ0) is 9.14.